The Morgan fingerprint density at radius 1 is 1.00 bits per heavy atom. The van der Waals surface area contributed by atoms with E-state index in [4.69, 9.17) is 5.73 Å². The van der Waals surface area contributed by atoms with E-state index in [2.05, 4.69) is 17.0 Å². The van der Waals surface area contributed by atoms with Crippen LogP contribution < -0.4 is 10.6 Å². The molecule has 1 aliphatic carbocycles. The van der Waals surface area contributed by atoms with Gasteiger partial charge in [0.2, 0.25) is 0 Å². The van der Waals surface area contributed by atoms with Crippen LogP contribution in [0.25, 0.3) is 0 Å². The number of rotatable bonds is 3. The Hall–Kier alpha value is -1.55. The highest BCUT2D eigenvalue weighted by Gasteiger charge is 2.42. The van der Waals surface area contributed by atoms with Gasteiger partial charge in [-0.1, -0.05) is 0 Å². The number of piperidine rings is 1. The number of hydrogen-bond acceptors (Lipinski definition) is 3. The first-order chi connectivity index (χ1) is 11.2. The van der Waals surface area contributed by atoms with Gasteiger partial charge in [-0.3, -0.25) is 4.79 Å². The lowest BCUT2D eigenvalue weighted by molar-refractivity contribution is 0.0785. The number of hydrogen-bond donors (Lipinski definition) is 1. The number of benzene rings is 1. The van der Waals surface area contributed by atoms with Gasteiger partial charge in [0.15, 0.2) is 0 Å². The Morgan fingerprint density at radius 2 is 1.70 bits per heavy atom. The molecule has 2 saturated heterocycles. The SMILES string of the molecule is N[C@H]1CN(C(=O)c2ccc(N3CCCCC3)cc2)C[C@@H]1C1CC1. The van der Waals surface area contributed by atoms with Crippen LogP contribution in [0.5, 0.6) is 0 Å². The summed E-state index contributed by atoms with van der Waals surface area (Å²) in [5, 5.41) is 0. The zero-order valence-corrected chi connectivity index (χ0v) is 13.8. The fourth-order valence-electron chi connectivity index (χ4n) is 4.19. The van der Waals surface area contributed by atoms with Crippen LogP contribution in [0.4, 0.5) is 5.69 Å². The molecule has 1 aromatic rings. The molecule has 4 heteroatoms. The molecule has 0 unspecified atom stereocenters. The zero-order chi connectivity index (χ0) is 15.8. The average Bonchev–Trinajstić information content (AvgIpc) is 3.37. The highest BCUT2D eigenvalue weighted by atomic mass is 16.2. The minimum absolute atomic E-state index is 0.147. The van der Waals surface area contributed by atoms with Crippen LogP contribution in [0.2, 0.25) is 0 Å². The summed E-state index contributed by atoms with van der Waals surface area (Å²) in [6.45, 7) is 3.83. The van der Waals surface area contributed by atoms with Gasteiger partial charge in [0.1, 0.15) is 0 Å². The van der Waals surface area contributed by atoms with Crippen molar-refractivity contribution in [3.8, 4) is 0 Å². The first kappa shape index (κ1) is 15.0. The molecule has 1 saturated carbocycles. The van der Waals surface area contributed by atoms with Gasteiger partial charge in [0.05, 0.1) is 0 Å². The standard InChI is InChI=1S/C19H27N3O/c20-18-13-22(12-17(18)14-4-5-14)19(23)15-6-8-16(9-7-15)21-10-2-1-3-11-21/h6-9,14,17-18H,1-5,10-13,20H2/t17-,18+/m1/s1. The summed E-state index contributed by atoms with van der Waals surface area (Å²) < 4.78 is 0. The third-order valence-electron chi connectivity index (χ3n) is 5.76. The topological polar surface area (TPSA) is 49.6 Å². The Bertz CT molecular complexity index is 560. The van der Waals surface area contributed by atoms with Crippen LogP contribution in [0.1, 0.15) is 42.5 Å². The van der Waals surface area contributed by atoms with Crippen molar-refractivity contribution >= 4 is 11.6 Å². The molecule has 4 rings (SSSR count). The van der Waals surface area contributed by atoms with Gasteiger partial charge in [0.25, 0.3) is 5.91 Å². The molecule has 1 amide bonds. The normalized spacial score (nSPS) is 28.2. The zero-order valence-electron chi connectivity index (χ0n) is 13.8. The molecule has 23 heavy (non-hydrogen) atoms. The third-order valence-corrected chi connectivity index (χ3v) is 5.76. The van der Waals surface area contributed by atoms with E-state index in [0.29, 0.717) is 12.5 Å². The van der Waals surface area contributed by atoms with Crippen LogP contribution in [0.15, 0.2) is 24.3 Å². The molecule has 2 aliphatic heterocycles. The van der Waals surface area contributed by atoms with Crippen molar-refractivity contribution in [3.05, 3.63) is 29.8 Å². The maximum absolute atomic E-state index is 12.7. The van der Waals surface area contributed by atoms with Gasteiger partial charge < -0.3 is 15.5 Å². The second kappa shape index (κ2) is 6.16. The van der Waals surface area contributed by atoms with Crippen molar-refractivity contribution in [1.29, 1.82) is 0 Å². The number of nitrogens with zero attached hydrogens (tertiary/aromatic N) is 2. The largest absolute Gasteiger partial charge is 0.372 e. The Labute approximate surface area is 138 Å². The van der Waals surface area contributed by atoms with E-state index in [9.17, 15) is 4.79 Å². The van der Waals surface area contributed by atoms with E-state index >= 15 is 0 Å². The summed E-state index contributed by atoms with van der Waals surface area (Å²) in [7, 11) is 0. The molecule has 2 N–H and O–H groups in total. The number of amides is 1. The minimum atomic E-state index is 0.147. The molecule has 1 aromatic carbocycles. The lowest BCUT2D eigenvalue weighted by Crippen LogP contribution is -2.32. The van der Waals surface area contributed by atoms with E-state index < -0.39 is 0 Å². The summed E-state index contributed by atoms with van der Waals surface area (Å²) in [6.07, 6.45) is 6.48. The summed E-state index contributed by atoms with van der Waals surface area (Å²) >= 11 is 0. The Balaban J connectivity index is 1.42. The summed E-state index contributed by atoms with van der Waals surface area (Å²) in [5.41, 5.74) is 8.29. The molecule has 0 aromatic heterocycles. The number of nitrogens with two attached hydrogens (primary N) is 1. The molecular formula is C19H27N3O. The molecule has 3 aliphatic rings. The first-order valence-corrected chi connectivity index (χ1v) is 9.12. The third kappa shape index (κ3) is 3.09. The highest BCUT2D eigenvalue weighted by molar-refractivity contribution is 5.94. The minimum Gasteiger partial charge on any atom is -0.372 e. The monoisotopic (exact) mass is 313 g/mol. The molecule has 0 spiro atoms. The molecule has 0 bridgehead atoms. The van der Waals surface area contributed by atoms with Crippen LogP contribution in [0.3, 0.4) is 0 Å². The molecule has 124 valence electrons. The Morgan fingerprint density at radius 3 is 2.35 bits per heavy atom. The predicted octanol–water partition coefficient (Wildman–Crippen LogP) is 2.49. The van der Waals surface area contributed by atoms with Gasteiger partial charge in [0, 0.05) is 43.5 Å². The highest BCUT2D eigenvalue weighted by Crippen LogP contribution is 2.41. The predicted molar refractivity (Wildman–Crippen MR) is 92.6 cm³/mol. The van der Waals surface area contributed by atoms with E-state index in [1.807, 2.05) is 17.0 Å². The summed E-state index contributed by atoms with van der Waals surface area (Å²) in [6, 6.07) is 8.35. The van der Waals surface area contributed by atoms with Crippen molar-refractivity contribution in [2.24, 2.45) is 17.6 Å². The summed E-state index contributed by atoms with van der Waals surface area (Å²) in [4.78, 5) is 17.1. The quantitative estimate of drug-likeness (QED) is 0.933. The fourth-order valence-corrected chi connectivity index (χ4v) is 4.19. The average molecular weight is 313 g/mol. The van der Waals surface area contributed by atoms with E-state index in [0.717, 1.165) is 31.1 Å². The van der Waals surface area contributed by atoms with Crippen molar-refractivity contribution in [2.45, 2.75) is 38.1 Å². The van der Waals surface area contributed by atoms with Crippen molar-refractivity contribution in [1.82, 2.24) is 4.90 Å². The first-order valence-electron chi connectivity index (χ1n) is 9.12. The van der Waals surface area contributed by atoms with Crippen molar-refractivity contribution in [2.75, 3.05) is 31.1 Å². The maximum atomic E-state index is 12.7. The van der Waals surface area contributed by atoms with Gasteiger partial charge >= 0.3 is 0 Å². The molecule has 2 atom stereocenters. The number of carbonyl (C=O) groups excluding carboxylic acids is 1. The second-order valence-corrected chi connectivity index (χ2v) is 7.47. The van der Waals surface area contributed by atoms with Gasteiger partial charge in [-0.15, -0.1) is 0 Å². The van der Waals surface area contributed by atoms with E-state index in [1.54, 1.807) is 0 Å². The fraction of sp³-hybridized carbons (Fsp3) is 0.632. The van der Waals surface area contributed by atoms with Crippen LogP contribution in [0, 0.1) is 11.8 Å². The second-order valence-electron chi connectivity index (χ2n) is 7.47. The van der Waals surface area contributed by atoms with Gasteiger partial charge in [-0.2, -0.15) is 0 Å². The smallest absolute Gasteiger partial charge is 0.253 e. The molecule has 0 radical (unpaired) electrons. The lowest BCUT2D eigenvalue weighted by atomic mass is 9.99. The molecule has 3 fully saturated rings. The molecular weight excluding hydrogens is 286 g/mol. The van der Waals surface area contributed by atoms with E-state index in [-0.39, 0.29) is 11.9 Å². The molecule has 4 nitrogen and oxygen atoms in total. The van der Waals surface area contributed by atoms with Gasteiger partial charge in [-0.25, -0.2) is 0 Å². The number of likely N-dealkylation sites (tertiary alicyclic amines) is 1. The lowest BCUT2D eigenvalue weighted by Gasteiger charge is -2.29. The number of carbonyl (C=O) groups is 1. The maximum Gasteiger partial charge on any atom is 0.253 e. The van der Waals surface area contributed by atoms with Crippen molar-refractivity contribution in [3.63, 3.8) is 0 Å². The summed E-state index contributed by atoms with van der Waals surface area (Å²) in [5.74, 6) is 1.43. The van der Waals surface area contributed by atoms with E-state index in [1.165, 1.54) is 37.8 Å². The van der Waals surface area contributed by atoms with Crippen molar-refractivity contribution < 1.29 is 4.79 Å². The van der Waals surface area contributed by atoms with Crippen LogP contribution >= 0.6 is 0 Å². The molecule has 2 heterocycles. The van der Waals surface area contributed by atoms with Gasteiger partial charge in [-0.05, 0) is 68.2 Å². The number of anilines is 1. The van der Waals surface area contributed by atoms with Crippen LogP contribution in [-0.4, -0.2) is 43.0 Å². The van der Waals surface area contributed by atoms with Crippen LogP contribution in [-0.2, 0) is 0 Å². The Kier molecular flexibility index (Phi) is 4.02.